The molecule has 0 saturated heterocycles. The Balaban J connectivity index is 1.55. The Bertz CT molecular complexity index is 1970. The van der Waals surface area contributed by atoms with E-state index in [1.54, 1.807) is 0 Å². The van der Waals surface area contributed by atoms with Crippen molar-refractivity contribution < 1.29 is 0 Å². The van der Waals surface area contributed by atoms with Gasteiger partial charge in [-0.25, -0.2) is 0 Å². The molecule has 7 aromatic rings. The summed E-state index contributed by atoms with van der Waals surface area (Å²) in [5, 5.41) is 5.96. The minimum Gasteiger partial charge on any atom is -0.309 e. The Hall–Kier alpha value is -5.35. The Morgan fingerprint density at radius 1 is 0.326 bits per heavy atom. The molecule has 46 heavy (non-hydrogen) atoms. The Kier molecular flexibility index (Phi) is 7.26. The molecule has 1 aliphatic rings. The van der Waals surface area contributed by atoms with Crippen molar-refractivity contribution in [1.82, 2.24) is 0 Å². The van der Waals surface area contributed by atoms with Gasteiger partial charge in [-0.1, -0.05) is 139 Å². The summed E-state index contributed by atoms with van der Waals surface area (Å²) in [4.78, 5) is 4.59. The molecule has 0 atom stereocenters. The maximum absolute atomic E-state index is 7.53. The molecule has 6 bridgehead atoms. The summed E-state index contributed by atoms with van der Waals surface area (Å²) >= 11 is 7.53. The SMILES string of the molecule is Clc1c2cccc1N(c1ccccc1)c1cccc(c1)[Si](c1ccccc1)(c1ccccc1)c1cccc(c1)N2c1ccccc1. The molecule has 2 nitrogen and oxygen atoms in total. The Labute approximate surface area is 276 Å². The van der Waals surface area contributed by atoms with Crippen molar-refractivity contribution >= 4 is 74.5 Å². The molecule has 0 radical (unpaired) electrons. The molecular formula is C42H31ClN2Si. The quantitative estimate of drug-likeness (QED) is 0.180. The lowest BCUT2D eigenvalue weighted by molar-refractivity contribution is 1.25. The van der Waals surface area contributed by atoms with Crippen molar-refractivity contribution in [3.63, 3.8) is 0 Å². The minimum atomic E-state index is -2.84. The highest BCUT2D eigenvalue weighted by molar-refractivity contribution is 7.20. The first-order valence-electron chi connectivity index (χ1n) is 15.6. The topological polar surface area (TPSA) is 6.48 Å². The van der Waals surface area contributed by atoms with Crippen LogP contribution in [0.3, 0.4) is 0 Å². The number of para-hydroxylation sites is 2. The lowest BCUT2D eigenvalue weighted by atomic mass is 10.1. The monoisotopic (exact) mass is 626 g/mol. The molecule has 0 amide bonds. The summed E-state index contributed by atoms with van der Waals surface area (Å²) in [5.41, 5.74) is 6.07. The number of benzene rings is 7. The van der Waals surface area contributed by atoms with Gasteiger partial charge in [0.25, 0.3) is 0 Å². The van der Waals surface area contributed by atoms with Crippen LogP contribution in [0.1, 0.15) is 0 Å². The van der Waals surface area contributed by atoms with E-state index in [1.165, 1.54) is 20.7 Å². The first kappa shape index (κ1) is 28.1. The van der Waals surface area contributed by atoms with Crippen molar-refractivity contribution in [2.45, 2.75) is 0 Å². The molecule has 1 aliphatic heterocycles. The smallest absolute Gasteiger partial charge is 0.179 e. The predicted molar refractivity (Wildman–Crippen MR) is 198 cm³/mol. The molecule has 0 spiro atoms. The fourth-order valence-corrected chi connectivity index (χ4v) is 12.1. The van der Waals surface area contributed by atoms with Crippen molar-refractivity contribution in [2.75, 3.05) is 9.80 Å². The maximum Gasteiger partial charge on any atom is 0.179 e. The fourth-order valence-electron chi connectivity index (χ4n) is 6.99. The molecular weight excluding hydrogens is 596 g/mol. The second-order valence-electron chi connectivity index (χ2n) is 11.5. The normalized spacial score (nSPS) is 13.4. The standard InChI is InChI=1S/C42H31ClN2Si/c43-42-40-28-15-29-41(42)45(33-18-7-2-8-19-33)35-21-14-27-39(31-35)46(36-22-9-3-10-23-36,37-24-11-4-12-25-37)38-26-13-20-34(30-38)44(40)32-16-5-1-6-17-32/h1-31H. The van der Waals surface area contributed by atoms with Gasteiger partial charge in [-0.3, -0.25) is 0 Å². The molecule has 0 fully saturated rings. The molecule has 0 saturated carbocycles. The van der Waals surface area contributed by atoms with E-state index in [4.69, 9.17) is 11.6 Å². The molecule has 7 aromatic carbocycles. The summed E-state index contributed by atoms with van der Waals surface area (Å²) in [6.07, 6.45) is 0. The summed E-state index contributed by atoms with van der Waals surface area (Å²) in [6, 6.07) is 67.8. The van der Waals surface area contributed by atoms with E-state index < -0.39 is 8.07 Å². The summed E-state index contributed by atoms with van der Waals surface area (Å²) in [6.45, 7) is 0. The van der Waals surface area contributed by atoms with Crippen LogP contribution in [0.15, 0.2) is 188 Å². The zero-order chi connectivity index (χ0) is 30.9. The van der Waals surface area contributed by atoms with E-state index in [1.807, 2.05) is 0 Å². The molecule has 0 aromatic heterocycles. The van der Waals surface area contributed by atoms with Gasteiger partial charge in [0, 0.05) is 22.7 Å². The van der Waals surface area contributed by atoms with Crippen molar-refractivity contribution in [3.8, 4) is 0 Å². The van der Waals surface area contributed by atoms with E-state index in [0.717, 1.165) is 34.1 Å². The van der Waals surface area contributed by atoms with Gasteiger partial charge in [0.15, 0.2) is 8.07 Å². The van der Waals surface area contributed by atoms with Crippen LogP contribution in [0.2, 0.25) is 5.02 Å². The van der Waals surface area contributed by atoms with E-state index >= 15 is 0 Å². The van der Waals surface area contributed by atoms with Gasteiger partial charge in [0.2, 0.25) is 0 Å². The maximum atomic E-state index is 7.53. The zero-order valence-electron chi connectivity index (χ0n) is 25.2. The molecule has 4 heteroatoms. The van der Waals surface area contributed by atoms with Crippen LogP contribution in [-0.2, 0) is 0 Å². The Morgan fingerprint density at radius 2 is 0.652 bits per heavy atom. The molecule has 8 rings (SSSR count). The van der Waals surface area contributed by atoms with Crippen LogP contribution >= 0.6 is 11.6 Å². The zero-order valence-corrected chi connectivity index (χ0v) is 26.9. The summed E-state index contributed by atoms with van der Waals surface area (Å²) < 4.78 is 0. The van der Waals surface area contributed by atoms with Crippen LogP contribution in [0.4, 0.5) is 34.1 Å². The molecule has 0 N–H and O–H groups in total. The number of hydrogen-bond donors (Lipinski definition) is 0. The van der Waals surface area contributed by atoms with Gasteiger partial charge < -0.3 is 9.80 Å². The Morgan fingerprint density at radius 3 is 1.07 bits per heavy atom. The van der Waals surface area contributed by atoms with Crippen LogP contribution < -0.4 is 30.5 Å². The highest BCUT2D eigenvalue weighted by atomic mass is 35.5. The third kappa shape index (κ3) is 4.64. The fraction of sp³-hybridized carbons (Fsp3) is 0. The number of nitrogens with zero attached hydrogens (tertiary/aromatic N) is 2. The number of fused-ring (bicyclic) bond motifs is 6. The van der Waals surface area contributed by atoms with Crippen LogP contribution in [-0.4, -0.2) is 8.07 Å². The third-order valence-corrected chi connectivity index (χ3v) is 14.1. The second kappa shape index (κ2) is 11.9. The average Bonchev–Trinajstić information content (AvgIpc) is 3.12. The van der Waals surface area contributed by atoms with Gasteiger partial charge in [0.1, 0.15) is 0 Å². The molecule has 220 valence electrons. The van der Waals surface area contributed by atoms with Gasteiger partial charge in [0.05, 0.1) is 16.4 Å². The number of anilines is 6. The van der Waals surface area contributed by atoms with Crippen LogP contribution in [0.5, 0.6) is 0 Å². The highest BCUT2D eigenvalue weighted by Gasteiger charge is 2.42. The van der Waals surface area contributed by atoms with Gasteiger partial charge in [-0.15, -0.1) is 0 Å². The van der Waals surface area contributed by atoms with Crippen molar-refractivity contribution in [1.29, 1.82) is 0 Å². The third-order valence-electron chi connectivity index (χ3n) is 8.96. The minimum absolute atomic E-state index is 0.682. The molecule has 0 aliphatic carbocycles. The van der Waals surface area contributed by atoms with E-state index in [0.29, 0.717) is 5.02 Å². The number of rotatable bonds is 4. The van der Waals surface area contributed by atoms with Gasteiger partial charge >= 0.3 is 0 Å². The largest absolute Gasteiger partial charge is 0.309 e. The second-order valence-corrected chi connectivity index (χ2v) is 15.7. The first-order valence-corrected chi connectivity index (χ1v) is 17.9. The lowest BCUT2D eigenvalue weighted by Crippen LogP contribution is -2.74. The average molecular weight is 627 g/mol. The molecule has 0 unspecified atom stereocenters. The van der Waals surface area contributed by atoms with Crippen molar-refractivity contribution in [2.24, 2.45) is 0 Å². The van der Waals surface area contributed by atoms with Gasteiger partial charge in [-0.2, -0.15) is 0 Å². The molecule has 1 heterocycles. The predicted octanol–water partition coefficient (Wildman–Crippen LogP) is 8.97. The van der Waals surface area contributed by atoms with Crippen LogP contribution in [0, 0.1) is 0 Å². The number of halogens is 1. The van der Waals surface area contributed by atoms with E-state index in [-0.39, 0.29) is 0 Å². The highest BCUT2D eigenvalue weighted by Crippen LogP contribution is 2.46. The van der Waals surface area contributed by atoms with E-state index in [2.05, 4.69) is 198 Å². The number of hydrogen-bond acceptors (Lipinski definition) is 2. The first-order chi connectivity index (χ1) is 22.7. The van der Waals surface area contributed by atoms with Gasteiger partial charge in [-0.05, 0) is 81.4 Å². The van der Waals surface area contributed by atoms with Crippen molar-refractivity contribution in [3.05, 3.63) is 193 Å². The summed E-state index contributed by atoms with van der Waals surface area (Å²) in [7, 11) is -2.84. The van der Waals surface area contributed by atoms with E-state index in [9.17, 15) is 0 Å². The van der Waals surface area contributed by atoms with Crippen LogP contribution in [0.25, 0.3) is 0 Å². The summed E-state index contributed by atoms with van der Waals surface area (Å²) in [5.74, 6) is 0. The lowest BCUT2D eigenvalue weighted by Gasteiger charge is -2.37.